The van der Waals surface area contributed by atoms with E-state index in [2.05, 4.69) is 12.6 Å². The second-order valence-corrected chi connectivity index (χ2v) is 3.44. The number of rotatable bonds is 0. The van der Waals surface area contributed by atoms with Crippen LogP contribution in [0, 0.1) is 0 Å². The van der Waals surface area contributed by atoms with Crippen LogP contribution in [0.1, 0.15) is 18.1 Å². The van der Waals surface area contributed by atoms with Gasteiger partial charge < -0.3 is 9.84 Å². The van der Waals surface area contributed by atoms with Crippen LogP contribution >= 0.6 is 12.6 Å². The molecule has 2 atom stereocenters. The fourth-order valence-electron chi connectivity index (χ4n) is 1.38. The minimum atomic E-state index is -0.433. The minimum Gasteiger partial charge on any atom is -0.480 e. The van der Waals surface area contributed by atoms with E-state index in [1.165, 1.54) is 0 Å². The van der Waals surface area contributed by atoms with E-state index in [0.717, 1.165) is 11.3 Å². The zero-order valence-electron chi connectivity index (χ0n) is 6.47. The summed E-state index contributed by atoms with van der Waals surface area (Å²) in [7, 11) is 0. The lowest BCUT2D eigenvalue weighted by molar-refractivity contribution is 0.103. The van der Waals surface area contributed by atoms with Crippen LogP contribution in [-0.2, 0) is 0 Å². The predicted octanol–water partition coefficient (Wildman–Crippen LogP) is 1.76. The average molecular weight is 182 g/mol. The largest absolute Gasteiger partial charge is 0.480 e. The highest BCUT2D eigenvalue weighted by molar-refractivity contribution is 7.80. The lowest BCUT2D eigenvalue weighted by Gasteiger charge is -2.26. The summed E-state index contributed by atoms with van der Waals surface area (Å²) in [5.74, 6) is 0.747. The molecule has 1 aliphatic heterocycles. The Morgan fingerprint density at radius 1 is 1.42 bits per heavy atom. The average Bonchev–Trinajstić information content (AvgIpc) is 2.04. The van der Waals surface area contributed by atoms with Gasteiger partial charge in [0.15, 0.2) is 0 Å². The van der Waals surface area contributed by atoms with E-state index in [1.54, 1.807) is 0 Å². The molecule has 0 saturated heterocycles. The highest BCUT2D eigenvalue weighted by atomic mass is 32.1. The number of ether oxygens (including phenoxy) is 1. The number of hydrogen-bond donors (Lipinski definition) is 2. The van der Waals surface area contributed by atoms with Gasteiger partial charge in [-0.2, -0.15) is 0 Å². The molecule has 0 aromatic heterocycles. The van der Waals surface area contributed by atoms with E-state index < -0.39 is 6.10 Å². The highest BCUT2D eigenvalue weighted by Gasteiger charge is 2.23. The third kappa shape index (κ3) is 1.30. The molecule has 0 amide bonds. The maximum absolute atomic E-state index is 9.60. The van der Waals surface area contributed by atoms with Gasteiger partial charge in [-0.05, 0) is 6.07 Å². The van der Waals surface area contributed by atoms with Crippen molar-refractivity contribution in [2.75, 3.05) is 0 Å². The Bertz CT molecular complexity index is 288. The smallest absolute Gasteiger partial charge is 0.144 e. The van der Waals surface area contributed by atoms with Crippen LogP contribution in [0.15, 0.2) is 24.3 Å². The number of thiol groups is 1. The van der Waals surface area contributed by atoms with E-state index in [1.807, 2.05) is 24.3 Å². The van der Waals surface area contributed by atoms with Gasteiger partial charge >= 0.3 is 0 Å². The van der Waals surface area contributed by atoms with Gasteiger partial charge in [0, 0.05) is 12.0 Å². The molecule has 0 saturated carbocycles. The Morgan fingerprint density at radius 3 is 3.00 bits per heavy atom. The molecule has 1 aliphatic rings. The molecule has 0 radical (unpaired) electrons. The Labute approximate surface area is 76.6 Å². The van der Waals surface area contributed by atoms with Crippen molar-refractivity contribution in [3.63, 3.8) is 0 Å². The first-order valence-corrected chi connectivity index (χ1v) is 4.41. The first-order chi connectivity index (χ1) is 5.77. The summed E-state index contributed by atoms with van der Waals surface area (Å²) in [5.41, 5.74) is 0.678. The quantitative estimate of drug-likeness (QED) is 0.599. The van der Waals surface area contributed by atoms with Crippen LogP contribution in [0.5, 0.6) is 5.75 Å². The molecule has 2 rings (SSSR count). The standard InChI is InChI=1S/C9H10O2S/c10-7-5-9(12)11-8-4-2-1-3-6(7)8/h1-4,7,9-10,12H,5H2. The second-order valence-electron chi connectivity index (χ2n) is 2.86. The first-order valence-electron chi connectivity index (χ1n) is 3.89. The summed E-state index contributed by atoms with van der Waals surface area (Å²) in [6.45, 7) is 0. The van der Waals surface area contributed by atoms with E-state index in [4.69, 9.17) is 4.74 Å². The van der Waals surface area contributed by atoms with Crippen molar-refractivity contribution in [3.8, 4) is 5.75 Å². The predicted molar refractivity (Wildman–Crippen MR) is 49.4 cm³/mol. The SMILES string of the molecule is OC1CC(S)Oc2ccccc21. The normalized spacial score (nSPS) is 27.5. The Morgan fingerprint density at radius 2 is 2.17 bits per heavy atom. The Balaban J connectivity index is 2.40. The molecular formula is C9H10O2S. The van der Waals surface area contributed by atoms with Crippen LogP contribution in [0.3, 0.4) is 0 Å². The molecule has 1 aromatic carbocycles. The lowest BCUT2D eigenvalue weighted by Crippen LogP contribution is -2.20. The van der Waals surface area contributed by atoms with Crippen molar-refractivity contribution in [2.45, 2.75) is 18.0 Å². The molecule has 0 bridgehead atoms. The molecule has 1 N–H and O–H groups in total. The zero-order valence-corrected chi connectivity index (χ0v) is 7.37. The van der Waals surface area contributed by atoms with Crippen molar-refractivity contribution >= 4 is 12.6 Å². The van der Waals surface area contributed by atoms with Crippen LogP contribution in [-0.4, -0.2) is 10.5 Å². The van der Waals surface area contributed by atoms with Gasteiger partial charge in [0.25, 0.3) is 0 Å². The monoisotopic (exact) mass is 182 g/mol. The molecule has 0 fully saturated rings. The van der Waals surface area contributed by atoms with Crippen LogP contribution < -0.4 is 4.74 Å². The fourth-order valence-corrected chi connectivity index (χ4v) is 1.69. The van der Waals surface area contributed by atoms with Crippen LogP contribution in [0.25, 0.3) is 0 Å². The molecular weight excluding hydrogens is 172 g/mol. The maximum atomic E-state index is 9.60. The molecule has 12 heavy (non-hydrogen) atoms. The van der Waals surface area contributed by atoms with Crippen LogP contribution in [0.2, 0.25) is 0 Å². The zero-order chi connectivity index (χ0) is 8.55. The third-order valence-corrected chi connectivity index (χ3v) is 2.28. The first kappa shape index (κ1) is 7.95. The number of hydrogen-bond acceptors (Lipinski definition) is 3. The molecule has 3 heteroatoms. The summed E-state index contributed by atoms with van der Waals surface area (Å²) in [6.07, 6.45) is 0.123. The summed E-state index contributed by atoms with van der Waals surface area (Å²) < 4.78 is 5.41. The fraction of sp³-hybridized carbons (Fsp3) is 0.333. The van der Waals surface area contributed by atoms with E-state index in [0.29, 0.717) is 6.42 Å². The van der Waals surface area contributed by atoms with Crippen molar-refractivity contribution in [1.82, 2.24) is 0 Å². The van der Waals surface area contributed by atoms with E-state index in [-0.39, 0.29) is 5.44 Å². The number of para-hydroxylation sites is 1. The summed E-state index contributed by atoms with van der Waals surface area (Å²) in [5, 5.41) is 9.60. The second kappa shape index (κ2) is 2.99. The van der Waals surface area contributed by atoms with Crippen molar-refractivity contribution in [2.24, 2.45) is 0 Å². The van der Waals surface area contributed by atoms with E-state index in [9.17, 15) is 5.11 Å². The minimum absolute atomic E-state index is 0.185. The molecule has 64 valence electrons. The molecule has 1 heterocycles. The van der Waals surface area contributed by atoms with Crippen molar-refractivity contribution in [3.05, 3.63) is 29.8 Å². The summed E-state index contributed by atoms with van der Waals surface area (Å²) in [4.78, 5) is 0. The summed E-state index contributed by atoms with van der Waals surface area (Å²) in [6, 6.07) is 7.50. The van der Waals surface area contributed by atoms with Crippen molar-refractivity contribution < 1.29 is 9.84 Å². The molecule has 0 aliphatic carbocycles. The van der Waals surface area contributed by atoms with Gasteiger partial charge in [0.2, 0.25) is 0 Å². The van der Waals surface area contributed by atoms with Crippen LogP contribution in [0.4, 0.5) is 0 Å². The van der Waals surface area contributed by atoms with Gasteiger partial charge in [-0.15, -0.1) is 12.6 Å². The topological polar surface area (TPSA) is 29.5 Å². The highest BCUT2D eigenvalue weighted by Crippen LogP contribution is 2.34. The molecule has 1 aromatic rings. The Hall–Kier alpha value is -0.670. The number of fused-ring (bicyclic) bond motifs is 1. The van der Waals surface area contributed by atoms with Gasteiger partial charge in [-0.1, -0.05) is 18.2 Å². The third-order valence-electron chi connectivity index (χ3n) is 1.97. The van der Waals surface area contributed by atoms with Gasteiger partial charge in [-0.3, -0.25) is 0 Å². The van der Waals surface area contributed by atoms with Crippen molar-refractivity contribution in [1.29, 1.82) is 0 Å². The Kier molecular flexibility index (Phi) is 1.98. The summed E-state index contributed by atoms with van der Waals surface area (Å²) >= 11 is 4.16. The van der Waals surface area contributed by atoms with Gasteiger partial charge in [0.05, 0.1) is 6.10 Å². The molecule has 2 nitrogen and oxygen atoms in total. The maximum Gasteiger partial charge on any atom is 0.144 e. The lowest BCUT2D eigenvalue weighted by atomic mass is 10.0. The number of aliphatic hydroxyl groups is 1. The number of benzene rings is 1. The van der Waals surface area contributed by atoms with Gasteiger partial charge in [-0.25, -0.2) is 0 Å². The van der Waals surface area contributed by atoms with E-state index >= 15 is 0 Å². The molecule has 0 spiro atoms. The number of aliphatic hydroxyl groups excluding tert-OH is 1. The van der Waals surface area contributed by atoms with Gasteiger partial charge in [0.1, 0.15) is 11.2 Å². The molecule has 2 unspecified atom stereocenters.